The lowest BCUT2D eigenvalue weighted by Gasteiger charge is -2.03. The average molecular weight is 291 g/mol. The van der Waals surface area contributed by atoms with Gasteiger partial charge in [0, 0.05) is 6.42 Å². The molecule has 0 unspecified atom stereocenters. The van der Waals surface area contributed by atoms with Crippen LogP contribution in [0.2, 0.25) is 0 Å². The zero-order valence-electron chi connectivity index (χ0n) is 11.4. The number of carbonyl (C=O) groups is 1. The number of aromatic nitrogens is 2. The monoisotopic (exact) mass is 291 g/mol. The summed E-state index contributed by atoms with van der Waals surface area (Å²) in [6.07, 6.45) is 0.167. The molecular formula is C13H13N3O5. The molecule has 2 aromatic rings. The number of carboxylic acid groups (broad SMARTS) is 1. The van der Waals surface area contributed by atoms with Crippen LogP contribution in [0.3, 0.4) is 0 Å². The van der Waals surface area contributed by atoms with Crippen molar-refractivity contribution in [1.82, 2.24) is 9.78 Å². The van der Waals surface area contributed by atoms with Crippen molar-refractivity contribution in [2.24, 2.45) is 7.05 Å². The van der Waals surface area contributed by atoms with Gasteiger partial charge in [0.05, 0.1) is 7.11 Å². The molecule has 1 heterocycles. The molecule has 0 spiro atoms. The number of benzene rings is 1. The third kappa shape index (κ3) is 2.83. The van der Waals surface area contributed by atoms with E-state index >= 15 is 0 Å². The van der Waals surface area contributed by atoms with Gasteiger partial charge in [0.1, 0.15) is 18.5 Å². The Hall–Kier alpha value is -2.90. The van der Waals surface area contributed by atoms with Crippen LogP contribution >= 0.6 is 0 Å². The van der Waals surface area contributed by atoms with E-state index in [1.54, 1.807) is 24.3 Å². The van der Waals surface area contributed by atoms with E-state index in [4.69, 9.17) is 4.74 Å². The predicted molar refractivity (Wildman–Crippen MR) is 72.6 cm³/mol. The van der Waals surface area contributed by atoms with Crippen molar-refractivity contribution in [3.63, 3.8) is 0 Å². The zero-order chi connectivity index (χ0) is 15.6. The van der Waals surface area contributed by atoms with E-state index in [0.29, 0.717) is 5.75 Å². The molecule has 8 nitrogen and oxygen atoms in total. The summed E-state index contributed by atoms with van der Waals surface area (Å²) >= 11 is 0. The number of nitro groups is 1. The van der Waals surface area contributed by atoms with Crippen molar-refractivity contribution in [2.75, 3.05) is 7.11 Å². The van der Waals surface area contributed by atoms with Gasteiger partial charge in [0.25, 0.3) is 0 Å². The maximum absolute atomic E-state index is 11.3. The first kappa shape index (κ1) is 14.5. The summed E-state index contributed by atoms with van der Waals surface area (Å²) in [5.74, 6) is -1.28. The van der Waals surface area contributed by atoms with Crippen LogP contribution in [0.25, 0.3) is 0 Å². The zero-order valence-corrected chi connectivity index (χ0v) is 11.4. The van der Waals surface area contributed by atoms with Crippen LogP contribution in [0.15, 0.2) is 24.3 Å². The summed E-state index contributed by atoms with van der Waals surface area (Å²) in [4.78, 5) is 21.5. The molecule has 0 atom stereocenters. The Morgan fingerprint density at radius 2 is 2.24 bits per heavy atom. The number of aromatic carboxylic acids is 1. The third-order valence-electron chi connectivity index (χ3n) is 2.98. The maximum atomic E-state index is 11.3. The van der Waals surface area contributed by atoms with Crippen LogP contribution in [-0.2, 0) is 13.5 Å². The molecule has 2 rings (SSSR count). The lowest BCUT2D eigenvalue weighted by Crippen LogP contribution is -2.05. The van der Waals surface area contributed by atoms with E-state index in [1.165, 1.54) is 14.2 Å². The first-order valence-electron chi connectivity index (χ1n) is 6.00. The number of hydrogen-bond donors (Lipinski definition) is 1. The van der Waals surface area contributed by atoms with Crippen molar-refractivity contribution in [2.45, 2.75) is 6.42 Å². The number of rotatable bonds is 5. The second kappa shape index (κ2) is 5.61. The predicted octanol–water partition coefficient (Wildman–Crippen LogP) is 1.63. The molecule has 1 aromatic carbocycles. The van der Waals surface area contributed by atoms with Gasteiger partial charge in [-0.2, -0.15) is 0 Å². The Morgan fingerprint density at radius 1 is 1.52 bits per heavy atom. The first-order valence-corrected chi connectivity index (χ1v) is 6.00. The summed E-state index contributed by atoms with van der Waals surface area (Å²) in [5.41, 5.74) is 0.514. The Kier molecular flexibility index (Phi) is 3.88. The molecule has 21 heavy (non-hydrogen) atoms. The number of aryl methyl sites for hydroxylation is 1. The van der Waals surface area contributed by atoms with Crippen LogP contribution in [0.4, 0.5) is 5.82 Å². The molecule has 0 amide bonds. The number of carboxylic acids is 1. The van der Waals surface area contributed by atoms with E-state index in [9.17, 15) is 20.0 Å². The van der Waals surface area contributed by atoms with Crippen LogP contribution in [-0.4, -0.2) is 32.9 Å². The normalized spacial score (nSPS) is 10.4. The van der Waals surface area contributed by atoms with Gasteiger partial charge in [-0.1, -0.05) is 17.2 Å². The molecule has 0 bridgehead atoms. The van der Waals surface area contributed by atoms with E-state index < -0.39 is 16.7 Å². The molecule has 1 aromatic heterocycles. The fourth-order valence-electron chi connectivity index (χ4n) is 2.10. The molecule has 0 aliphatic carbocycles. The molecule has 8 heteroatoms. The fraction of sp³-hybridized carbons (Fsp3) is 0.231. The Labute approximate surface area is 119 Å². The van der Waals surface area contributed by atoms with Gasteiger partial charge in [-0.05, 0) is 22.6 Å². The molecule has 1 N–H and O–H groups in total. The molecule has 0 aliphatic heterocycles. The third-order valence-corrected chi connectivity index (χ3v) is 2.98. The first-order chi connectivity index (χ1) is 9.93. The minimum Gasteiger partial charge on any atom is -0.497 e. The van der Waals surface area contributed by atoms with Crippen molar-refractivity contribution < 1.29 is 19.6 Å². The fourth-order valence-corrected chi connectivity index (χ4v) is 2.10. The number of methoxy groups -OCH3 is 1. The minimum absolute atomic E-state index is 0.143. The van der Waals surface area contributed by atoms with E-state index in [1.807, 2.05) is 0 Å². The van der Waals surface area contributed by atoms with Gasteiger partial charge in [0.2, 0.25) is 0 Å². The highest BCUT2D eigenvalue weighted by molar-refractivity contribution is 5.93. The van der Waals surface area contributed by atoms with Gasteiger partial charge in [-0.25, -0.2) is 4.79 Å². The standard InChI is InChI=1S/C13H13N3O5/c1-15-12(16(19)20)11(13(17)18)10(14-15)7-8-4-3-5-9(6-8)21-2/h3-6H,7H2,1-2H3,(H,17,18). The van der Waals surface area contributed by atoms with E-state index in [0.717, 1.165) is 10.2 Å². The van der Waals surface area contributed by atoms with Crippen LogP contribution in [0.5, 0.6) is 5.75 Å². The van der Waals surface area contributed by atoms with Gasteiger partial charge in [-0.15, -0.1) is 4.68 Å². The molecule has 110 valence electrons. The lowest BCUT2D eigenvalue weighted by molar-refractivity contribution is -0.392. The molecule has 0 radical (unpaired) electrons. The Balaban J connectivity index is 2.46. The number of nitrogens with zero attached hydrogens (tertiary/aromatic N) is 3. The molecule has 0 saturated heterocycles. The largest absolute Gasteiger partial charge is 0.497 e. The molecular weight excluding hydrogens is 278 g/mol. The number of hydrogen-bond acceptors (Lipinski definition) is 5. The lowest BCUT2D eigenvalue weighted by atomic mass is 10.1. The SMILES string of the molecule is COc1cccc(Cc2nn(C)c([N+](=O)[O-])c2C(=O)O)c1. The van der Waals surface area contributed by atoms with Crippen molar-refractivity contribution in [3.05, 3.63) is 51.2 Å². The summed E-state index contributed by atoms with van der Waals surface area (Å²) in [5, 5.41) is 24.1. The van der Waals surface area contributed by atoms with E-state index in [2.05, 4.69) is 5.10 Å². The van der Waals surface area contributed by atoms with Crippen molar-refractivity contribution in [1.29, 1.82) is 0 Å². The summed E-state index contributed by atoms with van der Waals surface area (Å²) < 4.78 is 6.06. The molecule has 0 fully saturated rings. The average Bonchev–Trinajstić information content (AvgIpc) is 2.75. The van der Waals surface area contributed by atoms with E-state index in [-0.39, 0.29) is 17.7 Å². The second-order valence-corrected chi connectivity index (χ2v) is 4.36. The van der Waals surface area contributed by atoms with Gasteiger partial charge >= 0.3 is 11.8 Å². The highest BCUT2D eigenvalue weighted by Crippen LogP contribution is 2.24. The van der Waals surface area contributed by atoms with Gasteiger partial charge < -0.3 is 20.0 Å². The minimum atomic E-state index is -1.37. The summed E-state index contributed by atoms with van der Waals surface area (Å²) in [6, 6.07) is 7.01. The Bertz CT molecular complexity index is 708. The van der Waals surface area contributed by atoms with Crippen LogP contribution in [0.1, 0.15) is 21.6 Å². The van der Waals surface area contributed by atoms with Gasteiger partial charge in [-0.3, -0.25) is 0 Å². The van der Waals surface area contributed by atoms with Crippen molar-refractivity contribution in [3.8, 4) is 5.75 Å². The van der Waals surface area contributed by atoms with Gasteiger partial charge in [0.15, 0.2) is 5.56 Å². The molecule has 0 aliphatic rings. The second-order valence-electron chi connectivity index (χ2n) is 4.36. The smallest absolute Gasteiger partial charge is 0.359 e. The maximum Gasteiger partial charge on any atom is 0.359 e. The highest BCUT2D eigenvalue weighted by Gasteiger charge is 2.30. The highest BCUT2D eigenvalue weighted by atomic mass is 16.6. The Morgan fingerprint density at radius 3 is 2.81 bits per heavy atom. The molecule has 0 saturated carbocycles. The van der Waals surface area contributed by atoms with Crippen molar-refractivity contribution >= 4 is 11.8 Å². The summed E-state index contributed by atoms with van der Waals surface area (Å²) in [7, 11) is 2.87. The van der Waals surface area contributed by atoms with Crippen LogP contribution in [0, 0.1) is 10.1 Å². The number of ether oxygens (including phenoxy) is 1. The quantitative estimate of drug-likeness (QED) is 0.662. The summed E-state index contributed by atoms with van der Waals surface area (Å²) in [6.45, 7) is 0. The topological polar surface area (TPSA) is 107 Å². The van der Waals surface area contributed by atoms with Crippen LogP contribution < -0.4 is 4.74 Å².